The van der Waals surface area contributed by atoms with Crippen LogP contribution in [0.15, 0.2) is 24.3 Å². The van der Waals surface area contributed by atoms with Gasteiger partial charge in [-0.2, -0.15) is 0 Å². The van der Waals surface area contributed by atoms with Gasteiger partial charge in [0.2, 0.25) is 5.91 Å². The minimum atomic E-state index is -3.05. The number of nitrogens with one attached hydrogen (secondary N) is 1. The third-order valence-electron chi connectivity index (χ3n) is 4.04. The Balaban J connectivity index is 2.10. The Morgan fingerprint density at radius 1 is 1.27 bits per heavy atom. The van der Waals surface area contributed by atoms with Crippen LogP contribution in [-0.2, 0) is 14.6 Å². The van der Waals surface area contributed by atoms with E-state index in [9.17, 15) is 13.2 Å². The standard InChI is InChI=1S/C16H23NO4S/c1-11(2)15(12-4-6-14(21-3)7-5-12)17-16(18)13-8-9-22(19,20)10-13/h4-7,11,13,15H,8-10H2,1-3H3,(H,17,18). The van der Waals surface area contributed by atoms with E-state index in [0.29, 0.717) is 6.42 Å². The van der Waals surface area contributed by atoms with Crippen LogP contribution < -0.4 is 10.1 Å². The maximum Gasteiger partial charge on any atom is 0.224 e. The molecule has 2 rings (SSSR count). The molecule has 0 saturated carbocycles. The molecule has 1 amide bonds. The first kappa shape index (κ1) is 16.8. The van der Waals surface area contributed by atoms with Crippen molar-refractivity contribution in [3.05, 3.63) is 29.8 Å². The normalized spacial score (nSPS) is 21.5. The molecular formula is C16H23NO4S. The van der Waals surface area contributed by atoms with Crippen molar-refractivity contribution >= 4 is 15.7 Å². The molecule has 2 atom stereocenters. The van der Waals surface area contributed by atoms with Gasteiger partial charge in [-0.3, -0.25) is 4.79 Å². The lowest BCUT2D eigenvalue weighted by atomic mass is 9.95. The van der Waals surface area contributed by atoms with Crippen LogP contribution in [0.3, 0.4) is 0 Å². The van der Waals surface area contributed by atoms with Gasteiger partial charge < -0.3 is 10.1 Å². The Labute approximate surface area is 132 Å². The average Bonchev–Trinajstić information content (AvgIpc) is 2.84. The van der Waals surface area contributed by atoms with Gasteiger partial charge in [0.1, 0.15) is 5.75 Å². The Morgan fingerprint density at radius 2 is 1.91 bits per heavy atom. The summed E-state index contributed by atoms with van der Waals surface area (Å²) in [5.41, 5.74) is 0.991. The maximum absolute atomic E-state index is 12.3. The van der Waals surface area contributed by atoms with Crippen LogP contribution in [0.25, 0.3) is 0 Å². The summed E-state index contributed by atoms with van der Waals surface area (Å²) in [5, 5.41) is 3.01. The fraction of sp³-hybridized carbons (Fsp3) is 0.562. The van der Waals surface area contributed by atoms with Crippen molar-refractivity contribution in [3.63, 3.8) is 0 Å². The van der Waals surface area contributed by atoms with Gasteiger partial charge in [0.25, 0.3) is 0 Å². The zero-order valence-corrected chi connectivity index (χ0v) is 14.0. The van der Waals surface area contributed by atoms with Crippen molar-refractivity contribution in [2.75, 3.05) is 18.6 Å². The van der Waals surface area contributed by atoms with E-state index >= 15 is 0 Å². The highest BCUT2D eigenvalue weighted by molar-refractivity contribution is 7.91. The molecule has 1 heterocycles. The number of carbonyl (C=O) groups excluding carboxylic acids is 1. The molecule has 1 aromatic rings. The topological polar surface area (TPSA) is 72.5 Å². The molecule has 1 fully saturated rings. The van der Waals surface area contributed by atoms with Gasteiger partial charge in [0.05, 0.1) is 30.6 Å². The molecule has 22 heavy (non-hydrogen) atoms. The van der Waals surface area contributed by atoms with Crippen molar-refractivity contribution in [1.82, 2.24) is 5.32 Å². The Morgan fingerprint density at radius 3 is 2.36 bits per heavy atom. The lowest BCUT2D eigenvalue weighted by molar-refractivity contribution is -0.125. The minimum Gasteiger partial charge on any atom is -0.497 e. The Hall–Kier alpha value is -1.56. The lowest BCUT2D eigenvalue weighted by Gasteiger charge is -2.24. The second-order valence-corrected chi connectivity index (χ2v) is 8.33. The molecule has 1 aliphatic heterocycles. The third-order valence-corrected chi connectivity index (χ3v) is 5.81. The zero-order valence-electron chi connectivity index (χ0n) is 13.2. The van der Waals surface area contributed by atoms with Crippen LogP contribution in [0.5, 0.6) is 5.75 Å². The number of sulfone groups is 1. The van der Waals surface area contributed by atoms with E-state index in [4.69, 9.17) is 4.74 Å². The molecule has 0 spiro atoms. The molecule has 0 bridgehead atoms. The number of hydrogen-bond donors (Lipinski definition) is 1. The van der Waals surface area contributed by atoms with E-state index in [0.717, 1.165) is 11.3 Å². The first-order chi connectivity index (χ1) is 10.3. The van der Waals surface area contributed by atoms with Gasteiger partial charge in [-0.15, -0.1) is 0 Å². The molecule has 0 radical (unpaired) electrons. The van der Waals surface area contributed by atoms with Gasteiger partial charge in [0, 0.05) is 0 Å². The number of ether oxygens (including phenoxy) is 1. The molecule has 0 aliphatic carbocycles. The molecule has 0 aromatic heterocycles. The second-order valence-electron chi connectivity index (χ2n) is 6.10. The zero-order chi connectivity index (χ0) is 16.3. The van der Waals surface area contributed by atoms with Crippen molar-refractivity contribution in [3.8, 4) is 5.75 Å². The summed E-state index contributed by atoms with van der Waals surface area (Å²) in [5.74, 6) is 0.446. The first-order valence-electron chi connectivity index (χ1n) is 7.47. The maximum atomic E-state index is 12.3. The van der Waals surface area contributed by atoms with Crippen LogP contribution >= 0.6 is 0 Å². The summed E-state index contributed by atoms with van der Waals surface area (Å²) >= 11 is 0. The summed E-state index contributed by atoms with van der Waals surface area (Å²) in [6, 6.07) is 7.43. The molecule has 1 aliphatic rings. The lowest BCUT2D eigenvalue weighted by Crippen LogP contribution is -2.36. The van der Waals surface area contributed by atoms with Crippen LogP contribution in [0.2, 0.25) is 0 Å². The number of rotatable bonds is 5. The van der Waals surface area contributed by atoms with E-state index in [1.54, 1.807) is 7.11 Å². The summed E-state index contributed by atoms with van der Waals surface area (Å²) < 4.78 is 28.2. The highest BCUT2D eigenvalue weighted by atomic mass is 32.2. The summed E-state index contributed by atoms with van der Waals surface area (Å²) in [7, 11) is -1.44. The molecule has 6 heteroatoms. The van der Waals surface area contributed by atoms with Gasteiger partial charge >= 0.3 is 0 Å². The first-order valence-corrected chi connectivity index (χ1v) is 9.29. The van der Waals surface area contributed by atoms with E-state index in [1.165, 1.54) is 0 Å². The number of methoxy groups -OCH3 is 1. The quantitative estimate of drug-likeness (QED) is 0.898. The highest BCUT2D eigenvalue weighted by Gasteiger charge is 2.34. The number of amides is 1. The molecule has 1 saturated heterocycles. The van der Waals surface area contributed by atoms with E-state index in [1.807, 2.05) is 38.1 Å². The van der Waals surface area contributed by atoms with Crippen LogP contribution in [0.1, 0.15) is 31.9 Å². The van der Waals surface area contributed by atoms with Crippen molar-refractivity contribution in [2.45, 2.75) is 26.3 Å². The average molecular weight is 325 g/mol. The smallest absolute Gasteiger partial charge is 0.224 e. The third kappa shape index (κ3) is 4.00. The summed E-state index contributed by atoms with van der Waals surface area (Å²) in [6.45, 7) is 4.06. The molecule has 5 nitrogen and oxygen atoms in total. The van der Waals surface area contributed by atoms with Gasteiger partial charge in [-0.05, 0) is 30.0 Å². The summed E-state index contributed by atoms with van der Waals surface area (Å²) in [4.78, 5) is 12.3. The summed E-state index contributed by atoms with van der Waals surface area (Å²) in [6.07, 6.45) is 0.418. The van der Waals surface area contributed by atoms with E-state index in [-0.39, 0.29) is 29.4 Å². The second kappa shape index (κ2) is 6.69. The molecule has 122 valence electrons. The highest BCUT2D eigenvalue weighted by Crippen LogP contribution is 2.26. The molecule has 2 unspecified atom stereocenters. The molecule has 1 N–H and O–H groups in total. The minimum absolute atomic E-state index is 0.0355. The number of hydrogen-bond acceptors (Lipinski definition) is 4. The van der Waals surface area contributed by atoms with Crippen LogP contribution in [0, 0.1) is 11.8 Å². The van der Waals surface area contributed by atoms with Crippen LogP contribution in [-0.4, -0.2) is 32.9 Å². The van der Waals surface area contributed by atoms with Crippen molar-refractivity contribution < 1.29 is 17.9 Å². The monoisotopic (exact) mass is 325 g/mol. The molecular weight excluding hydrogens is 302 g/mol. The van der Waals surface area contributed by atoms with Crippen molar-refractivity contribution in [2.24, 2.45) is 11.8 Å². The Bertz CT molecular complexity index is 622. The number of benzene rings is 1. The fourth-order valence-electron chi connectivity index (χ4n) is 2.72. The predicted octanol–water partition coefficient (Wildman–Crippen LogP) is 1.94. The van der Waals surface area contributed by atoms with Crippen molar-refractivity contribution in [1.29, 1.82) is 0 Å². The predicted molar refractivity (Wildman–Crippen MR) is 85.5 cm³/mol. The number of carbonyl (C=O) groups is 1. The molecule has 1 aromatic carbocycles. The van der Waals surface area contributed by atoms with Gasteiger partial charge in [-0.25, -0.2) is 8.42 Å². The van der Waals surface area contributed by atoms with E-state index < -0.39 is 15.8 Å². The largest absolute Gasteiger partial charge is 0.497 e. The SMILES string of the molecule is COc1ccc(C(NC(=O)C2CCS(=O)(=O)C2)C(C)C)cc1. The van der Waals surface area contributed by atoms with E-state index in [2.05, 4.69) is 5.32 Å². The Kier molecular flexibility index (Phi) is 5.11. The van der Waals surface area contributed by atoms with Gasteiger partial charge in [-0.1, -0.05) is 26.0 Å². The van der Waals surface area contributed by atoms with Gasteiger partial charge in [0.15, 0.2) is 9.84 Å². The van der Waals surface area contributed by atoms with Crippen LogP contribution in [0.4, 0.5) is 0 Å². The fourth-order valence-corrected chi connectivity index (χ4v) is 4.46.